The van der Waals surface area contributed by atoms with Crippen molar-refractivity contribution < 1.29 is 19.0 Å². The first-order valence-electron chi connectivity index (χ1n) is 10.7. The van der Waals surface area contributed by atoms with Gasteiger partial charge in [0, 0.05) is 10.0 Å². The van der Waals surface area contributed by atoms with Crippen LogP contribution in [0, 0.1) is 0 Å². The summed E-state index contributed by atoms with van der Waals surface area (Å²) in [6.45, 7) is 0.405. The highest BCUT2D eigenvalue weighted by Gasteiger charge is 2.24. The summed E-state index contributed by atoms with van der Waals surface area (Å²) >= 11 is 3.47. The van der Waals surface area contributed by atoms with Crippen molar-refractivity contribution in [1.29, 1.82) is 0 Å². The zero-order chi connectivity index (χ0) is 23.5. The lowest BCUT2D eigenvalue weighted by atomic mass is 10.1. The molecule has 1 aliphatic heterocycles. The summed E-state index contributed by atoms with van der Waals surface area (Å²) in [7, 11) is 1.58. The van der Waals surface area contributed by atoms with Crippen molar-refractivity contribution in [2.45, 2.75) is 6.61 Å². The summed E-state index contributed by atoms with van der Waals surface area (Å²) in [4.78, 5) is 16.9. The third-order valence-electron chi connectivity index (χ3n) is 5.39. The maximum absolute atomic E-state index is 12.5. The van der Waals surface area contributed by atoms with Crippen LogP contribution in [0.5, 0.6) is 11.5 Å². The second-order valence-electron chi connectivity index (χ2n) is 7.73. The van der Waals surface area contributed by atoms with E-state index < -0.39 is 5.97 Å². The van der Waals surface area contributed by atoms with Crippen LogP contribution in [0.15, 0.2) is 100 Å². The zero-order valence-corrected chi connectivity index (χ0v) is 19.9. The van der Waals surface area contributed by atoms with Gasteiger partial charge in [0.15, 0.2) is 17.2 Å². The molecule has 1 heterocycles. The van der Waals surface area contributed by atoms with Crippen LogP contribution in [-0.2, 0) is 16.1 Å². The Hall–Kier alpha value is -3.90. The largest absolute Gasteiger partial charge is 0.493 e. The van der Waals surface area contributed by atoms with E-state index in [9.17, 15) is 4.79 Å². The van der Waals surface area contributed by atoms with E-state index in [1.807, 2.05) is 78.9 Å². The lowest BCUT2D eigenvalue weighted by molar-refractivity contribution is -0.129. The third-order valence-corrected chi connectivity index (χ3v) is 5.88. The highest BCUT2D eigenvalue weighted by atomic mass is 79.9. The number of carbonyl (C=O) groups is 1. The molecule has 0 aliphatic carbocycles. The quantitative estimate of drug-likeness (QED) is 0.217. The number of cyclic esters (lactones) is 1. The number of rotatable bonds is 6. The molecule has 0 amide bonds. The van der Waals surface area contributed by atoms with Gasteiger partial charge < -0.3 is 14.2 Å². The van der Waals surface area contributed by atoms with Crippen LogP contribution < -0.4 is 9.47 Å². The molecule has 0 N–H and O–H groups in total. The van der Waals surface area contributed by atoms with Gasteiger partial charge >= 0.3 is 5.97 Å². The molecule has 4 aromatic rings. The maximum atomic E-state index is 12.5. The van der Waals surface area contributed by atoms with Crippen molar-refractivity contribution in [3.63, 3.8) is 0 Å². The predicted octanol–water partition coefficient (Wildman–Crippen LogP) is 6.53. The SMILES string of the molecule is COc1cc(/C=C2/N=C(c3ccc4ccccc4c3)OC2=O)ccc1OCc1cccc(Br)c1. The Labute approximate surface area is 205 Å². The Morgan fingerprint density at radius 1 is 0.912 bits per heavy atom. The smallest absolute Gasteiger partial charge is 0.363 e. The summed E-state index contributed by atoms with van der Waals surface area (Å²) in [5.74, 6) is 0.980. The van der Waals surface area contributed by atoms with E-state index in [1.165, 1.54) is 0 Å². The van der Waals surface area contributed by atoms with Crippen LogP contribution in [0.4, 0.5) is 0 Å². The predicted molar refractivity (Wildman–Crippen MR) is 136 cm³/mol. The number of hydrogen-bond donors (Lipinski definition) is 0. The number of carbonyl (C=O) groups excluding carboxylic acids is 1. The van der Waals surface area contributed by atoms with E-state index in [1.54, 1.807) is 19.3 Å². The first-order valence-corrected chi connectivity index (χ1v) is 11.5. The second-order valence-corrected chi connectivity index (χ2v) is 8.64. The summed E-state index contributed by atoms with van der Waals surface area (Å²) in [6, 6.07) is 27.3. The molecule has 0 aromatic heterocycles. The third kappa shape index (κ3) is 4.72. The van der Waals surface area contributed by atoms with Crippen LogP contribution >= 0.6 is 15.9 Å². The Balaban J connectivity index is 1.37. The molecule has 6 heteroatoms. The summed E-state index contributed by atoms with van der Waals surface area (Å²) in [6.07, 6.45) is 1.68. The van der Waals surface area contributed by atoms with Crippen LogP contribution in [0.1, 0.15) is 16.7 Å². The molecular weight excluding hydrogens is 494 g/mol. The van der Waals surface area contributed by atoms with Gasteiger partial charge in [0.05, 0.1) is 7.11 Å². The number of ether oxygens (including phenoxy) is 3. The number of esters is 1. The number of halogens is 1. The van der Waals surface area contributed by atoms with Gasteiger partial charge in [-0.1, -0.05) is 64.5 Å². The Bertz CT molecular complexity index is 1460. The summed E-state index contributed by atoms with van der Waals surface area (Å²) in [5, 5.41) is 2.17. The molecule has 4 aromatic carbocycles. The maximum Gasteiger partial charge on any atom is 0.363 e. The van der Waals surface area contributed by atoms with Crippen LogP contribution in [0.2, 0.25) is 0 Å². The highest BCUT2D eigenvalue weighted by molar-refractivity contribution is 9.10. The normalized spacial score (nSPS) is 14.2. The number of benzene rings is 4. The minimum absolute atomic E-state index is 0.230. The monoisotopic (exact) mass is 513 g/mol. The first kappa shape index (κ1) is 21.9. The van der Waals surface area contributed by atoms with E-state index in [0.29, 0.717) is 24.0 Å². The molecule has 0 saturated heterocycles. The molecule has 168 valence electrons. The van der Waals surface area contributed by atoms with E-state index in [2.05, 4.69) is 20.9 Å². The summed E-state index contributed by atoms with van der Waals surface area (Å²) < 4.78 is 17.9. The van der Waals surface area contributed by atoms with Crippen molar-refractivity contribution in [2.75, 3.05) is 7.11 Å². The topological polar surface area (TPSA) is 57.1 Å². The summed E-state index contributed by atoms with van der Waals surface area (Å²) in [5.41, 5.74) is 2.77. The van der Waals surface area contributed by atoms with Crippen molar-refractivity contribution in [3.05, 3.63) is 112 Å². The number of hydrogen-bond acceptors (Lipinski definition) is 5. The fraction of sp³-hybridized carbons (Fsp3) is 0.0714. The molecular formula is C28H20BrNO4. The first-order chi connectivity index (χ1) is 16.6. The molecule has 0 fully saturated rings. The standard InChI is InChI=1S/C28H20BrNO4/c1-32-26-15-18(9-12-25(26)33-17-19-5-4-8-23(29)13-19)14-24-28(31)34-27(30-24)22-11-10-20-6-2-3-7-21(20)16-22/h2-16H,17H2,1H3/b24-14+. The molecule has 0 unspecified atom stereocenters. The van der Waals surface area contributed by atoms with Crippen LogP contribution in [-0.4, -0.2) is 19.0 Å². The molecule has 34 heavy (non-hydrogen) atoms. The Morgan fingerprint density at radius 3 is 2.59 bits per heavy atom. The molecule has 0 atom stereocenters. The molecule has 0 bridgehead atoms. The van der Waals surface area contributed by atoms with Crippen molar-refractivity contribution in [2.24, 2.45) is 4.99 Å². The van der Waals surface area contributed by atoms with Gasteiger partial charge in [-0.2, -0.15) is 0 Å². The zero-order valence-electron chi connectivity index (χ0n) is 18.3. The molecule has 5 nitrogen and oxygen atoms in total. The van der Waals surface area contributed by atoms with Crippen molar-refractivity contribution in [3.8, 4) is 11.5 Å². The van der Waals surface area contributed by atoms with E-state index in [-0.39, 0.29) is 5.70 Å². The van der Waals surface area contributed by atoms with Crippen LogP contribution in [0.25, 0.3) is 16.8 Å². The minimum Gasteiger partial charge on any atom is -0.493 e. The van der Waals surface area contributed by atoms with Gasteiger partial charge in [0.25, 0.3) is 0 Å². The number of aliphatic imine (C=N–C) groups is 1. The minimum atomic E-state index is -0.489. The number of nitrogens with zero attached hydrogens (tertiary/aromatic N) is 1. The molecule has 5 rings (SSSR count). The van der Waals surface area contributed by atoms with E-state index >= 15 is 0 Å². The van der Waals surface area contributed by atoms with Gasteiger partial charge in [0.1, 0.15) is 6.61 Å². The van der Waals surface area contributed by atoms with Gasteiger partial charge in [-0.05, 0) is 64.4 Å². The van der Waals surface area contributed by atoms with Crippen LogP contribution in [0.3, 0.4) is 0 Å². The molecule has 0 saturated carbocycles. The average molecular weight is 514 g/mol. The Morgan fingerprint density at radius 2 is 1.76 bits per heavy atom. The molecule has 1 aliphatic rings. The van der Waals surface area contributed by atoms with Gasteiger partial charge in [-0.25, -0.2) is 9.79 Å². The van der Waals surface area contributed by atoms with E-state index in [4.69, 9.17) is 14.2 Å². The fourth-order valence-corrected chi connectivity index (χ4v) is 4.14. The lowest BCUT2D eigenvalue weighted by Crippen LogP contribution is -2.05. The second kappa shape index (κ2) is 9.53. The van der Waals surface area contributed by atoms with Crippen molar-refractivity contribution >= 4 is 44.6 Å². The molecule has 0 radical (unpaired) electrons. The number of methoxy groups -OCH3 is 1. The average Bonchev–Trinajstić information content (AvgIpc) is 3.22. The molecule has 0 spiro atoms. The highest BCUT2D eigenvalue weighted by Crippen LogP contribution is 2.31. The fourth-order valence-electron chi connectivity index (χ4n) is 3.69. The van der Waals surface area contributed by atoms with Gasteiger partial charge in [-0.15, -0.1) is 0 Å². The number of fused-ring (bicyclic) bond motifs is 1. The van der Waals surface area contributed by atoms with Gasteiger partial charge in [0.2, 0.25) is 5.90 Å². The Kier molecular flexibility index (Phi) is 6.14. The van der Waals surface area contributed by atoms with Crippen molar-refractivity contribution in [1.82, 2.24) is 0 Å². The van der Waals surface area contributed by atoms with Gasteiger partial charge in [-0.3, -0.25) is 0 Å². The van der Waals surface area contributed by atoms with E-state index in [0.717, 1.165) is 31.9 Å². The lowest BCUT2D eigenvalue weighted by Gasteiger charge is -2.11.